The monoisotopic (exact) mass is 407 g/mol. The first-order chi connectivity index (χ1) is 13.9. The first-order valence-corrected chi connectivity index (χ1v) is 9.24. The van der Waals surface area contributed by atoms with Gasteiger partial charge in [-0.1, -0.05) is 11.6 Å². The van der Waals surface area contributed by atoms with Gasteiger partial charge in [-0.3, -0.25) is 14.4 Å². The van der Waals surface area contributed by atoms with Crippen LogP contribution in [0.25, 0.3) is 0 Å². The van der Waals surface area contributed by atoms with Gasteiger partial charge in [-0.05, 0) is 72.8 Å². The number of hydrogen-bond acceptors (Lipinski definition) is 4. The van der Waals surface area contributed by atoms with Crippen LogP contribution in [0.4, 0.5) is 5.69 Å². The highest BCUT2D eigenvalue weighted by molar-refractivity contribution is 6.30. The second-order valence-corrected chi connectivity index (χ2v) is 6.77. The van der Waals surface area contributed by atoms with Crippen LogP contribution in [-0.4, -0.2) is 24.1 Å². The fourth-order valence-electron chi connectivity index (χ4n) is 2.65. The molecular formula is C23H18ClNO4. The maximum atomic E-state index is 12.5. The topological polar surface area (TPSA) is 72.5 Å². The van der Waals surface area contributed by atoms with E-state index in [-0.39, 0.29) is 24.1 Å². The Hall–Kier alpha value is -3.44. The molecule has 0 unspecified atom stereocenters. The summed E-state index contributed by atoms with van der Waals surface area (Å²) in [6, 6.07) is 19.9. The summed E-state index contributed by atoms with van der Waals surface area (Å²) < 4.78 is 5.53. The van der Waals surface area contributed by atoms with E-state index in [0.29, 0.717) is 33.1 Å². The summed E-state index contributed by atoms with van der Waals surface area (Å²) in [5, 5.41) is 3.21. The SMILES string of the molecule is CC(=O)Nc1ccc(C(=O)COc2ccc(C(=O)c3ccc(Cl)cc3)cc2)cc1. The van der Waals surface area contributed by atoms with Gasteiger partial charge in [0.15, 0.2) is 18.2 Å². The zero-order valence-corrected chi connectivity index (χ0v) is 16.4. The van der Waals surface area contributed by atoms with Crippen molar-refractivity contribution in [3.63, 3.8) is 0 Å². The minimum atomic E-state index is -0.194. The van der Waals surface area contributed by atoms with Crippen LogP contribution in [0.2, 0.25) is 5.02 Å². The van der Waals surface area contributed by atoms with E-state index < -0.39 is 0 Å². The number of Topliss-reactive ketones (excluding diaryl/α,β-unsaturated/α-hetero) is 1. The van der Waals surface area contributed by atoms with Crippen LogP contribution in [0.5, 0.6) is 5.75 Å². The molecule has 0 aliphatic rings. The number of rotatable bonds is 7. The standard InChI is InChI=1S/C23H18ClNO4/c1-15(26)25-20-10-4-16(5-11-20)22(27)14-29-21-12-6-18(7-13-21)23(28)17-2-8-19(24)9-3-17/h2-13H,14H2,1H3,(H,25,26). The third kappa shape index (κ3) is 5.53. The number of halogens is 1. The Morgan fingerprint density at radius 3 is 1.86 bits per heavy atom. The number of ketones is 2. The predicted molar refractivity (Wildman–Crippen MR) is 112 cm³/mol. The largest absolute Gasteiger partial charge is 0.485 e. The number of amides is 1. The predicted octanol–water partition coefficient (Wildman–Crippen LogP) is 4.79. The van der Waals surface area contributed by atoms with Crippen LogP contribution in [-0.2, 0) is 4.79 Å². The van der Waals surface area contributed by atoms with Crippen LogP contribution in [0.15, 0.2) is 72.8 Å². The van der Waals surface area contributed by atoms with Crippen molar-refractivity contribution in [2.45, 2.75) is 6.92 Å². The molecule has 0 heterocycles. The van der Waals surface area contributed by atoms with Crippen molar-refractivity contribution in [2.75, 3.05) is 11.9 Å². The number of hydrogen-bond donors (Lipinski definition) is 1. The van der Waals surface area contributed by atoms with Gasteiger partial charge in [-0.15, -0.1) is 0 Å². The maximum absolute atomic E-state index is 12.5. The summed E-state index contributed by atoms with van der Waals surface area (Å²) in [6.07, 6.45) is 0. The molecule has 3 aromatic rings. The molecule has 0 aromatic heterocycles. The van der Waals surface area contributed by atoms with E-state index in [4.69, 9.17) is 16.3 Å². The summed E-state index contributed by atoms with van der Waals surface area (Å²) >= 11 is 5.84. The smallest absolute Gasteiger partial charge is 0.221 e. The Labute approximate surface area is 173 Å². The van der Waals surface area contributed by atoms with Crippen molar-refractivity contribution >= 4 is 34.8 Å². The Bertz CT molecular complexity index is 1030. The van der Waals surface area contributed by atoms with Crippen LogP contribution in [0.1, 0.15) is 33.2 Å². The molecule has 0 bridgehead atoms. The fourth-order valence-corrected chi connectivity index (χ4v) is 2.77. The van der Waals surface area contributed by atoms with Gasteiger partial charge in [-0.2, -0.15) is 0 Å². The second kappa shape index (κ2) is 9.17. The lowest BCUT2D eigenvalue weighted by atomic mass is 10.0. The number of ether oxygens (including phenoxy) is 1. The fraction of sp³-hybridized carbons (Fsp3) is 0.0870. The highest BCUT2D eigenvalue weighted by Gasteiger charge is 2.10. The quantitative estimate of drug-likeness (QED) is 0.571. The molecule has 0 atom stereocenters. The molecule has 0 aliphatic heterocycles. The van der Waals surface area contributed by atoms with Gasteiger partial charge in [-0.25, -0.2) is 0 Å². The molecule has 3 aromatic carbocycles. The zero-order valence-electron chi connectivity index (χ0n) is 15.6. The minimum Gasteiger partial charge on any atom is -0.485 e. The molecule has 6 heteroatoms. The molecule has 0 fully saturated rings. The highest BCUT2D eigenvalue weighted by Crippen LogP contribution is 2.18. The molecule has 0 spiro atoms. The lowest BCUT2D eigenvalue weighted by Gasteiger charge is -2.08. The lowest BCUT2D eigenvalue weighted by molar-refractivity contribution is -0.114. The molecule has 1 amide bonds. The van der Waals surface area contributed by atoms with Crippen LogP contribution in [0, 0.1) is 0 Å². The van der Waals surface area contributed by atoms with Crippen LogP contribution >= 0.6 is 11.6 Å². The molecule has 5 nitrogen and oxygen atoms in total. The molecule has 3 rings (SSSR count). The molecule has 146 valence electrons. The lowest BCUT2D eigenvalue weighted by Crippen LogP contribution is -2.12. The summed E-state index contributed by atoms with van der Waals surface area (Å²) in [5.74, 6) is -0.00415. The number of benzene rings is 3. The molecular weight excluding hydrogens is 390 g/mol. The van der Waals surface area contributed by atoms with Crippen LogP contribution in [0.3, 0.4) is 0 Å². The summed E-state index contributed by atoms with van der Waals surface area (Å²) in [4.78, 5) is 35.7. The molecule has 0 saturated carbocycles. The minimum absolute atomic E-state index is 0.122. The molecule has 0 saturated heterocycles. The second-order valence-electron chi connectivity index (χ2n) is 6.33. The normalized spacial score (nSPS) is 10.3. The first kappa shape index (κ1) is 20.3. The molecule has 0 radical (unpaired) electrons. The Morgan fingerprint density at radius 2 is 1.31 bits per heavy atom. The van der Waals surface area contributed by atoms with Crippen molar-refractivity contribution < 1.29 is 19.1 Å². The molecule has 0 aliphatic carbocycles. The van der Waals surface area contributed by atoms with E-state index in [9.17, 15) is 14.4 Å². The van der Waals surface area contributed by atoms with Gasteiger partial charge < -0.3 is 10.1 Å². The van der Waals surface area contributed by atoms with E-state index in [2.05, 4.69) is 5.32 Å². The third-order valence-electron chi connectivity index (χ3n) is 4.12. The number of carbonyl (C=O) groups excluding carboxylic acids is 3. The van der Waals surface area contributed by atoms with Gasteiger partial charge in [0.1, 0.15) is 5.75 Å². The van der Waals surface area contributed by atoms with E-state index >= 15 is 0 Å². The Morgan fingerprint density at radius 1 is 0.793 bits per heavy atom. The summed E-state index contributed by atoms with van der Waals surface area (Å²) in [7, 11) is 0. The van der Waals surface area contributed by atoms with E-state index in [1.807, 2.05) is 0 Å². The molecule has 1 N–H and O–H groups in total. The summed E-state index contributed by atoms with van der Waals surface area (Å²) in [5.41, 5.74) is 2.16. The zero-order chi connectivity index (χ0) is 20.8. The average Bonchev–Trinajstić information content (AvgIpc) is 2.72. The highest BCUT2D eigenvalue weighted by atomic mass is 35.5. The van der Waals surface area contributed by atoms with E-state index in [1.54, 1.807) is 72.8 Å². The van der Waals surface area contributed by atoms with Gasteiger partial charge in [0.05, 0.1) is 0 Å². The van der Waals surface area contributed by atoms with Crippen molar-refractivity contribution in [3.05, 3.63) is 94.5 Å². The average molecular weight is 408 g/mol. The molecule has 29 heavy (non-hydrogen) atoms. The first-order valence-electron chi connectivity index (χ1n) is 8.86. The van der Waals surface area contributed by atoms with Crippen molar-refractivity contribution in [2.24, 2.45) is 0 Å². The summed E-state index contributed by atoms with van der Waals surface area (Å²) in [6.45, 7) is 1.28. The third-order valence-corrected chi connectivity index (χ3v) is 4.37. The Kier molecular flexibility index (Phi) is 6.42. The van der Waals surface area contributed by atoms with Gasteiger partial charge in [0, 0.05) is 34.3 Å². The van der Waals surface area contributed by atoms with E-state index in [0.717, 1.165) is 0 Å². The number of nitrogens with one attached hydrogen (secondary N) is 1. The van der Waals surface area contributed by atoms with Crippen molar-refractivity contribution in [1.29, 1.82) is 0 Å². The van der Waals surface area contributed by atoms with Crippen molar-refractivity contribution in [1.82, 2.24) is 0 Å². The Balaban J connectivity index is 1.58. The van der Waals surface area contributed by atoms with Gasteiger partial charge >= 0.3 is 0 Å². The number of anilines is 1. The van der Waals surface area contributed by atoms with Gasteiger partial charge in [0.25, 0.3) is 0 Å². The van der Waals surface area contributed by atoms with Crippen LogP contribution < -0.4 is 10.1 Å². The van der Waals surface area contributed by atoms with E-state index in [1.165, 1.54) is 6.92 Å². The van der Waals surface area contributed by atoms with Gasteiger partial charge in [0.2, 0.25) is 5.91 Å². The van der Waals surface area contributed by atoms with Crippen molar-refractivity contribution in [3.8, 4) is 5.75 Å². The maximum Gasteiger partial charge on any atom is 0.221 e. The number of carbonyl (C=O) groups is 3.